The minimum Gasteiger partial charge on any atom is -0.494 e. The van der Waals surface area contributed by atoms with Crippen LogP contribution in [0.2, 0.25) is 0 Å². The van der Waals surface area contributed by atoms with Crippen LogP contribution in [0.15, 0.2) is 24.3 Å². The van der Waals surface area contributed by atoms with E-state index in [0.29, 0.717) is 24.3 Å². The number of aromatic nitrogens is 3. The number of carbonyl (C=O) groups is 1. The highest BCUT2D eigenvalue weighted by Gasteiger charge is 2.32. The molecule has 0 saturated carbocycles. The Hall–Kier alpha value is -2.23. The summed E-state index contributed by atoms with van der Waals surface area (Å²) < 4.78 is 13.8. The van der Waals surface area contributed by atoms with Crippen molar-refractivity contribution >= 4 is 18.1 Å². The molecule has 2 aliphatic rings. The summed E-state index contributed by atoms with van der Waals surface area (Å²) in [6.07, 6.45) is 3.01. The van der Waals surface area contributed by atoms with Crippen LogP contribution in [0, 0.1) is 4.77 Å². The third-order valence-corrected chi connectivity index (χ3v) is 6.70. The van der Waals surface area contributed by atoms with Gasteiger partial charge in [0.25, 0.3) is 0 Å². The zero-order valence-corrected chi connectivity index (χ0v) is 20.6. The van der Waals surface area contributed by atoms with Crippen molar-refractivity contribution < 1.29 is 14.3 Å². The molecule has 2 aliphatic heterocycles. The lowest BCUT2D eigenvalue weighted by molar-refractivity contribution is -0.133. The van der Waals surface area contributed by atoms with Crippen molar-refractivity contribution in [2.75, 3.05) is 32.8 Å². The summed E-state index contributed by atoms with van der Waals surface area (Å²) in [5.41, 5.74) is 0.938. The molecule has 2 aromatic rings. The quantitative estimate of drug-likeness (QED) is 0.592. The van der Waals surface area contributed by atoms with Gasteiger partial charge in [-0.25, -0.2) is 0 Å². The predicted molar refractivity (Wildman–Crippen MR) is 130 cm³/mol. The van der Waals surface area contributed by atoms with Gasteiger partial charge in [-0.3, -0.25) is 19.4 Å². The van der Waals surface area contributed by atoms with E-state index >= 15 is 0 Å². The van der Waals surface area contributed by atoms with Gasteiger partial charge < -0.3 is 14.4 Å². The first-order valence-electron chi connectivity index (χ1n) is 12.0. The average Bonchev–Trinajstić information content (AvgIpc) is 3.38. The standard InChI is InChI=1S/C24H35N5O3S/c1-4-31-21-9-7-19(8-10-21)23-25-26-24(33)29(23)13-11-22(30)28-12-5-6-20(28)16-27-14-17(2)32-18(3)15-27/h7-10,17-18,20H,4-6,11-16H2,1-3H3,(H,26,33). The molecule has 8 nitrogen and oxygen atoms in total. The van der Waals surface area contributed by atoms with Crippen LogP contribution in [-0.4, -0.2) is 81.5 Å². The van der Waals surface area contributed by atoms with Gasteiger partial charge in [-0.1, -0.05) is 0 Å². The summed E-state index contributed by atoms with van der Waals surface area (Å²) in [7, 11) is 0. The Labute approximate surface area is 200 Å². The van der Waals surface area contributed by atoms with Crippen molar-refractivity contribution in [3.63, 3.8) is 0 Å². The van der Waals surface area contributed by atoms with Crippen LogP contribution in [0.3, 0.4) is 0 Å². The van der Waals surface area contributed by atoms with Crippen molar-refractivity contribution in [3.05, 3.63) is 29.0 Å². The maximum atomic E-state index is 13.2. The number of hydrogen-bond acceptors (Lipinski definition) is 6. The Morgan fingerprint density at radius 1 is 1.24 bits per heavy atom. The number of rotatable bonds is 8. The summed E-state index contributed by atoms with van der Waals surface area (Å²) in [5.74, 6) is 1.75. The van der Waals surface area contributed by atoms with Crippen LogP contribution in [0.4, 0.5) is 0 Å². The number of likely N-dealkylation sites (tertiary alicyclic amines) is 1. The number of benzene rings is 1. The lowest BCUT2D eigenvalue weighted by atomic mass is 10.1. The highest BCUT2D eigenvalue weighted by atomic mass is 32.1. The van der Waals surface area contributed by atoms with Crippen molar-refractivity contribution in [1.29, 1.82) is 0 Å². The second kappa shape index (κ2) is 10.8. The summed E-state index contributed by atoms with van der Waals surface area (Å²) in [5, 5.41) is 7.29. The van der Waals surface area contributed by atoms with E-state index < -0.39 is 0 Å². The minimum absolute atomic E-state index is 0.188. The number of carbonyl (C=O) groups excluding carboxylic acids is 1. The van der Waals surface area contributed by atoms with E-state index in [9.17, 15) is 4.79 Å². The summed E-state index contributed by atoms with van der Waals surface area (Å²) in [6, 6.07) is 8.06. The van der Waals surface area contributed by atoms with E-state index in [-0.39, 0.29) is 24.2 Å². The molecule has 0 bridgehead atoms. The summed E-state index contributed by atoms with van der Waals surface area (Å²) in [6.45, 7) is 11.0. The molecule has 1 aromatic carbocycles. The fourth-order valence-electron chi connectivity index (χ4n) is 5.05. The maximum absolute atomic E-state index is 13.2. The second-order valence-corrected chi connectivity index (χ2v) is 9.46. The van der Waals surface area contributed by atoms with Crippen molar-refractivity contribution in [1.82, 2.24) is 24.6 Å². The van der Waals surface area contributed by atoms with Gasteiger partial charge in [-0.15, -0.1) is 0 Å². The molecule has 0 spiro atoms. The first-order valence-corrected chi connectivity index (χ1v) is 12.4. The topological polar surface area (TPSA) is 75.6 Å². The van der Waals surface area contributed by atoms with Crippen LogP contribution in [0.25, 0.3) is 11.4 Å². The minimum atomic E-state index is 0.188. The molecular weight excluding hydrogens is 438 g/mol. The molecule has 4 rings (SSSR count). The van der Waals surface area contributed by atoms with Gasteiger partial charge in [0.15, 0.2) is 10.6 Å². The number of aromatic amines is 1. The molecule has 1 N–H and O–H groups in total. The molecule has 180 valence electrons. The third kappa shape index (κ3) is 5.83. The number of hydrogen-bond donors (Lipinski definition) is 1. The molecule has 2 fully saturated rings. The molecule has 3 atom stereocenters. The lowest BCUT2D eigenvalue weighted by Crippen LogP contribution is -2.51. The van der Waals surface area contributed by atoms with E-state index in [1.54, 1.807) is 0 Å². The zero-order valence-electron chi connectivity index (χ0n) is 19.8. The molecule has 0 aliphatic carbocycles. The van der Waals surface area contributed by atoms with Crippen LogP contribution in [0.1, 0.15) is 40.0 Å². The molecule has 9 heteroatoms. The smallest absolute Gasteiger partial charge is 0.224 e. The zero-order chi connectivity index (χ0) is 23.4. The van der Waals surface area contributed by atoms with Gasteiger partial charge in [-0.2, -0.15) is 5.10 Å². The average molecular weight is 474 g/mol. The number of amides is 1. The molecule has 3 heterocycles. The lowest BCUT2D eigenvalue weighted by Gasteiger charge is -2.38. The van der Waals surface area contributed by atoms with Gasteiger partial charge in [0.05, 0.1) is 18.8 Å². The summed E-state index contributed by atoms with van der Waals surface area (Å²) in [4.78, 5) is 17.7. The fourth-order valence-corrected chi connectivity index (χ4v) is 5.27. The number of nitrogens with zero attached hydrogens (tertiary/aromatic N) is 4. The van der Waals surface area contributed by atoms with E-state index in [2.05, 4.69) is 33.8 Å². The largest absolute Gasteiger partial charge is 0.494 e. The SMILES string of the molecule is CCOc1ccc(-c2n[nH]c(=S)n2CCC(=O)N2CCCC2CN2CC(C)OC(C)C2)cc1. The maximum Gasteiger partial charge on any atom is 0.224 e. The monoisotopic (exact) mass is 473 g/mol. The highest BCUT2D eigenvalue weighted by molar-refractivity contribution is 7.71. The highest BCUT2D eigenvalue weighted by Crippen LogP contribution is 2.24. The van der Waals surface area contributed by atoms with Gasteiger partial charge in [-0.05, 0) is 70.1 Å². The Balaban J connectivity index is 1.38. The van der Waals surface area contributed by atoms with E-state index in [1.807, 2.05) is 35.8 Å². The summed E-state index contributed by atoms with van der Waals surface area (Å²) >= 11 is 5.46. The van der Waals surface area contributed by atoms with Crippen LogP contribution < -0.4 is 4.74 Å². The van der Waals surface area contributed by atoms with Gasteiger partial charge >= 0.3 is 0 Å². The van der Waals surface area contributed by atoms with Crippen LogP contribution in [-0.2, 0) is 16.1 Å². The van der Waals surface area contributed by atoms with Crippen LogP contribution in [0.5, 0.6) is 5.75 Å². The predicted octanol–water partition coefficient (Wildman–Crippen LogP) is 3.50. The van der Waals surface area contributed by atoms with Crippen molar-refractivity contribution in [3.8, 4) is 17.1 Å². The Bertz CT molecular complexity index is 979. The Morgan fingerprint density at radius 3 is 2.67 bits per heavy atom. The van der Waals surface area contributed by atoms with Gasteiger partial charge in [0.2, 0.25) is 5.91 Å². The molecular formula is C24H35N5O3S. The Morgan fingerprint density at radius 2 is 1.97 bits per heavy atom. The number of H-pyrrole nitrogens is 1. The third-order valence-electron chi connectivity index (χ3n) is 6.39. The number of ether oxygens (including phenoxy) is 2. The molecule has 2 saturated heterocycles. The van der Waals surface area contributed by atoms with Crippen molar-refractivity contribution in [2.24, 2.45) is 0 Å². The van der Waals surface area contributed by atoms with Crippen molar-refractivity contribution in [2.45, 2.75) is 64.8 Å². The molecule has 33 heavy (non-hydrogen) atoms. The molecule has 1 aromatic heterocycles. The van der Waals surface area contributed by atoms with Gasteiger partial charge in [0, 0.05) is 50.7 Å². The molecule has 1 amide bonds. The first-order chi connectivity index (χ1) is 15.9. The van der Waals surface area contributed by atoms with E-state index in [0.717, 1.165) is 56.2 Å². The number of morpholine rings is 1. The fraction of sp³-hybridized carbons (Fsp3) is 0.625. The normalized spacial score (nSPS) is 23.7. The second-order valence-electron chi connectivity index (χ2n) is 9.07. The van der Waals surface area contributed by atoms with E-state index in [4.69, 9.17) is 21.7 Å². The van der Waals surface area contributed by atoms with E-state index in [1.165, 1.54) is 0 Å². The Kier molecular flexibility index (Phi) is 7.82. The first kappa shape index (κ1) is 23.9. The number of nitrogens with one attached hydrogen (secondary N) is 1. The molecule has 3 unspecified atom stereocenters. The van der Waals surface area contributed by atoms with Crippen LogP contribution >= 0.6 is 12.2 Å². The van der Waals surface area contributed by atoms with Gasteiger partial charge in [0.1, 0.15) is 5.75 Å². The molecule has 0 radical (unpaired) electrons.